The molecule has 1 aliphatic heterocycles. The van der Waals surface area contributed by atoms with Gasteiger partial charge in [0.05, 0.1) is 0 Å². The molecule has 0 bridgehead atoms. The predicted octanol–water partition coefficient (Wildman–Crippen LogP) is 2.74. The quantitative estimate of drug-likeness (QED) is 0.719. The SMILES string of the molecule is Cc1cc(F)cc(C(=O)C2OCCC2C)c1. The summed E-state index contributed by atoms with van der Waals surface area (Å²) >= 11 is 0. The molecule has 0 amide bonds. The number of ether oxygens (including phenoxy) is 1. The first-order chi connectivity index (χ1) is 7.58. The highest BCUT2D eigenvalue weighted by Crippen LogP contribution is 2.24. The third-order valence-electron chi connectivity index (χ3n) is 2.97. The van der Waals surface area contributed by atoms with Gasteiger partial charge in [-0.25, -0.2) is 4.39 Å². The normalized spacial score (nSPS) is 24.7. The first-order valence-corrected chi connectivity index (χ1v) is 5.51. The number of Topliss-reactive ketones (excluding diaryl/α,β-unsaturated/α-hetero) is 1. The molecule has 0 N–H and O–H groups in total. The van der Waals surface area contributed by atoms with Gasteiger partial charge in [-0.1, -0.05) is 6.92 Å². The number of ketones is 1. The molecule has 1 saturated heterocycles. The van der Waals surface area contributed by atoms with Gasteiger partial charge in [-0.15, -0.1) is 0 Å². The summed E-state index contributed by atoms with van der Waals surface area (Å²) in [6.45, 7) is 4.38. The summed E-state index contributed by atoms with van der Waals surface area (Å²) < 4.78 is 18.6. The second kappa shape index (κ2) is 4.34. The van der Waals surface area contributed by atoms with Crippen molar-refractivity contribution in [3.8, 4) is 0 Å². The van der Waals surface area contributed by atoms with Crippen molar-refractivity contribution in [2.45, 2.75) is 26.4 Å². The Balaban J connectivity index is 2.26. The van der Waals surface area contributed by atoms with Gasteiger partial charge in [0.25, 0.3) is 0 Å². The fourth-order valence-corrected chi connectivity index (χ4v) is 2.07. The van der Waals surface area contributed by atoms with Crippen LogP contribution in [0.15, 0.2) is 18.2 Å². The molecular weight excluding hydrogens is 207 g/mol. The predicted molar refractivity (Wildman–Crippen MR) is 59.0 cm³/mol. The van der Waals surface area contributed by atoms with E-state index in [1.165, 1.54) is 12.1 Å². The molecule has 0 radical (unpaired) electrons. The minimum atomic E-state index is -0.402. The zero-order chi connectivity index (χ0) is 11.7. The van der Waals surface area contributed by atoms with E-state index in [0.717, 1.165) is 12.0 Å². The van der Waals surface area contributed by atoms with Crippen molar-refractivity contribution in [3.63, 3.8) is 0 Å². The van der Waals surface area contributed by atoms with E-state index in [-0.39, 0.29) is 17.5 Å². The molecule has 2 unspecified atom stereocenters. The lowest BCUT2D eigenvalue weighted by atomic mass is 9.95. The molecule has 1 aromatic rings. The van der Waals surface area contributed by atoms with Crippen LogP contribution in [-0.4, -0.2) is 18.5 Å². The van der Waals surface area contributed by atoms with Crippen LogP contribution < -0.4 is 0 Å². The van der Waals surface area contributed by atoms with Crippen LogP contribution in [-0.2, 0) is 4.74 Å². The largest absolute Gasteiger partial charge is 0.370 e. The van der Waals surface area contributed by atoms with E-state index < -0.39 is 6.10 Å². The van der Waals surface area contributed by atoms with E-state index in [2.05, 4.69) is 0 Å². The Morgan fingerprint density at radius 3 is 2.75 bits per heavy atom. The van der Waals surface area contributed by atoms with Crippen LogP contribution in [0.1, 0.15) is 29.3 Å². The molecule has 0 aliphatic carbocycles. The lowest BCUT2D eigenvalue weighted by molar-refractivity contribution is 0.0579. The monoisotopic (exact) mass is 222 g/mol. The van der Waals surface area contributed by atoms with Crippen molar-refractivity contribution in [1.29, 1.82) is 0 Å². The van der Waals surface area contributed by atoms with Crippen molar-refractivity contribution < 1.29 is 13.9 Å². The second-order valence-electron chi connectivity index (χ2n) is 4.44. The number of benzene rings is 1. The number of carbonyl (C=O) groups excluding carboxylic acids is 1. The van der Waals surface area contributed by atoms with Crippen LogP contribution in [0.4, 0.5) is 4.39 Å². The Morgan fingerprint density at radius 2 is 2.19 bits per heavy atom. The van der Waals surface area contributed by atoms with E-state index in [1.807, 2.05) is 6.92 Å². The average molecular weight is 222 g/mol. The zero-order valence-electron chi connectivity index (χ0n) is 9.50. The van der Waals surface area contributed by atoms with Crippen molar-refractivity contribution in [3.05, 3.63) is 35.1 Å². The van der Waals surface area contributed by atoms with Gasteiger partial charge < -0.3 is 4.74 Å². The highest BCUT2D eigenvalue weighted by atomic mass is 19.1. The van der Waals surface area contributed by atoms with Crippen LogP contribution in [0.2, 0.25) is 0 Å². The van der Waals surface area contributed by atoms with Gasteiger partial charge in [0, 0.05) is 12.2 Å². The molecule has 0 spiro atoms. The van der Waals surface area contributed by atoms with Gasteiger partial charge in [-0.05, 0) is 43.0 Å². The fraction of sp³-hybridized carbons (Fsp3) is 0.462. The highest BCUT2D eigenvalue weighted by Gasteiger charge is 2.31. The molecule has 3 heteroatoms. The van der Waals surface area contributed by atoms with Crippen molar-refractivity contribution >= 4 is 5.78 Å². The molecule has 86 valence electrons. The van der Waals surface area contributed by atoms with Gasteiger partial charge in [0.15, 0.2) is 5.78 Å². The van der Waals surface area contributed by atoms with Crippen molar-refractivity contribution in [2.24, 2.45) is 5.92 Å². The molecule has 16 heavy (non-hydrogen) atoms. The molecule has 1 aromatic carbocycles. The van der Waals surface area contributed by atoms with Crippen LogP contribution >= 0.6 is 0 Å². The number of rotatable bonds is 2. The Hall–Kier alpha value is -1.22. The maximum atomic E-state index is 13.2. The maximum Gasteiger partial charge on any atom is 0.191 e. The highest BCUT2D eigenvalue weighted by molar-refractivity contribution is 6.00. The Kier molecular flexibility index (Phi) is 3.06. The van der Waals surface area contributed by atoms with Gasteiger partial charge in [0.2, 0.25) is 0 Å². The third kappa shape index (κ3) is 2.14. The summed E-state index contributed by atoms with van der Waals surface area (Å²) in [6, 6.07) is 4.40. The number of carbonyl (C=O) groups is 1. The zero-order valence-corrected chi connectivity index (χ0v) is 9.50. The van der Waals surface area contributed by atoms with Crippen molar-refractivity contribution in [1.82, 2.24) is 0 Å². The number of hydrogen-bond donors (Lipinski definition) is 0. The summed E-state index contributed by atoms with van der Waals surface area (Å²) in [6.07, 6.45) is 0.492. The molecule has 1 fully saturated rings. The van der Waals surface area contributed by atoms with Crippen LogP contribution in [0.5, 0.6) is 0 Å². The van der Waals surface area contributed by atoms with E-state index >= 15 is 0 Å². The maximum absolute atomic E-state index is 13.2. The van der Waals surface area contributed by atoms with Crippen LogP contribution in [0.25, 0.3) is 0 Å². The van der Waals surface area contributed by atoms with E-state index in [1.54, 1.807) is 13.0 Å². The Bertz CT molecular complexity index is 394. The fourth-order valence-electron chi connectivity index (χ4n) is 2.07. The minimum Gasteiger partial charge on any atom is -0.370 e. The number of hydrogen-bond acceptors (Lipinski definition) is 2. The number of aryl methyl sites for hydroxylation is 1. The van der Waals surface area contributed by atoms with E-state index in [9.17, 15) is 9.18 Å². The molecule has 1 heterocycles. The van der Waals surface area contributed by atoms with Gasteiger partial charge in [-0.3, -0.25) is 4.79 Å². The smallest absolute Gasteiger partial charge is 0.191 e. The summed E-state index contributed by atoms with van der Waals surface area (Å²) in [5, 5.41) is 0. The molecule has 0 saturated carbocycles. The van der Waals surface area contributed by atoms with Crippen LogP contribution in [0.3, 0.4) is 0 Å². The molecular formula is C13H15FO2. The second-order valence-corrected chi connectivity index (χ2v) is 4.44. The summed E-state index contributed by atoms with van der Waals surface area (Å²) in [7, 11) is 0. The number of halogens is 1. The molecule has 2 atom stereocenters. The standard InChI is InChI=1S/C13H15FO2/c1-8-5-10(7-11(14)6-8)12(15)13-9(2)3-4-16-13/h5-7,9,13H,3-4H2,1-2H3. The lowest BCUT2D eigenvalue weighted by Crippen LogP contribution is -2.25. The molecule has 2 nitrogen and oxygen atoms in total. The molecule has 1 aliphatic rings. The Labute approximate surface area is 94.4 Å². The lowest BCUT2D eigenvalue weighted by Gasteiger charge is -2.13. The summed E-state index contributed by atoms with van der Waals surface area (Å²) in [5.74, 6) is -0.252. The van der Waals surface area contributed by atoms with Gasteiger partial charge in [-0.2, -0.15) is 0 Å². The average Bonchev–Trinajstić information content (AvgIpc) is 2.62. The van der Waals surface area contributed by atoms with E-state index in [0.29, 0.717) is 12.2 Å². The van der Waals surface area contributed by atoms with Crippen LogP contribution in [0, 0.1) is 18.7 Å². The first kappa shape index (κ1) is 11.3. The molecule has 2 rings (SSSR count). The van der Waals surface area contributed by atoms with E-state index in [4.69, 9.17) is 4.74 Å². The Morgan fingerprint density at radius 1 is 1.44 bits per heavy atom. The van der Waals surface area contributed by atoms with Gasteiger partial charge in [0.1, 0.15) is 11.9 Å². The third-order valence-corrected chi connectivity index (χ3v) is 2.97. The molecule has 0 aromatic heterocycles. The summed E-state index contributed by atoms with van der Waals surface area (Å²) in [4.78, 5) is 12.1. The minimum absolute atomic E-state index is 0.104. The summed E-state index contributed by atoms with van der Waals surface area (Å²) in [5.41, 5.74) is 1.17. The van der Waals surface area contributed by atoms with Gasteiger partial charge >= 0.3 is 0 Å². The topological polar surface area (TPSA) is 26.3 Å². The van der Waals surface area contributed by atoms with Crippen molar-refractivity contribution in [2.75, 3.05) is 6.61 Å². The first-order valence-electron chi connectivity index (χ1n) is 5.51.